The van der Waals surface area contributed by atoms with Crippen LogP contribution in [0.2, 0.25) is 0 Å². The first kappa shape index (κ1) is 39.3. The molecule has 0 fully saturated rings. The van der Waals surface area contributed by atoms with Gasteiger partial charge in [0.1, 0.15) is 0 Å². The average molecular weight is 928 g/mol. The van der Waals surface area contributed by atoms with Crippen LogP contribution in [-0.2, 0) is 0 Å². The van der Waals surface area contributed by atoms with E-state index in [1.54, 1.807) is 11.3 Å². The molecule has 0 spiro atoms. The summed E-state index contributed by atoms with van der Waals surface area (Å²) < 4.78 is 9.88. The molecule has 0 amide bonds. The molecule has 7 heteroatoms. The minimum Gasteiger partial charge on any atom is -0.307 e. The summed E-state index contributed by atoms with van der Waals surface area (Å²) in [4.78, 5) is 16.1. The van der Waals surface area contributed by atoms with Crippen molar-refractivity contribution in [3.05, 3.63) is 224 Å². The van der Waals surface area contributed by atoms with E-state index >= 15 is 0 Å². The van der Waals surface area contributed by atoms with Gasteiger partial charge in [0.15, 0.2) is 17.5 Å². The lowest BCUT2D eigenvalue weighted by atomic mass is 10.0. The lowest BCUT2D eigenvalue weighted by molar-refractivity contribution is 1.08. The van der Waals surface area contributed by atoms with Crippen molar-refractivity contribution in [2.24, 2.45) is 0 Å². The molecule has 5 aromatic heterocycles. The number of hydrogen-bond acceptors (Lipinski definition) is 5. The Balaban J connectivity index is 0.970. The maximum Gasteiger partial charge on any atom is 0.164 e. The number of fused-ring (bicyclic) bond motifs is 12. The fraction of sp³-hybridized carbons (Fsp3) is 0. The van der Waals surface area contributed by atoms with Crippen LogP contribution in [0.5, 0.6) is 0 Å². The summed E-state index contributed by atoms with van der Waals surface area (Å²) in [6.07, 6.45) is 0. The third kappa shape index (κ3) is 5.92. The molecule has 0 bridgehead atoms. The third-order valence-corrected chi connectivity index (χ3v) is 16.3. The van der Waals surface area contributed by atoms with Crippen molar-refractivity contribution in [3.63, 3.8) is 0 Å². The Labute approximate surface area is 409 Å². The molecular weight excluding hydrogens is 891 g/mol. The first-order valence-electron chi connectivity index (χ1n) is 23.5. The minimum absolute atomic E-state index is 0.630. The van der Waals surface area contributed by atoms with Gasteiger partial charge in [-0.1, -0.05) is 146 Å². The zero-order chi connectivity index (χ0) is 45.9. The van der Waals surface area contributed by atoms with Crippen LogP contribution < -0.4 is 0 Å². The zero-order valence-corrected chi connectivity index (χ0v) is 39.0. The summed E-state index contributed by atoms with van der Waals surface area (Å²) in [7, 11) is 0. The molecule has 70 heavy (non-hydrogen) atoms. The van der Waals surface area contributed by atoms with Gasteiger partial charge in [0.2, 0.25) is 0 Å². The van der Waals surface area contributed by atoms with Gasteiger partial charge in [-0.15, -0.1) is 22.7 Å². The van der Waals surface area contributed by atoms with Gasteiger partial charge in [0.05, 0.1) is 33.4 Å². The van der Waals surface area contributed by atoms with Crippen LogP contribution in [0.4, 0.5) is 0 Å². The van der Waals surface area contributed by atoms with E-state index in [0.717, 1.165) is 60.9 Å². The highest BCUT2D eigenvalue weighted by atomic mass is 32.1. The van der Waals surface area contributed by atoms with E-state index in [-0.39, 0.29) is 0 Å². The Morgan fingerprint density at radius 2 is 0.800 bits per heavy atom. The molecule has 15 aromatic rings. The maximum absolute atomic E-state index is 5.41. The van der Waals surface area contributed by atoms with Crippen molar-refractivity contribution in [2.45, 2.75) is 0 Å². The van der Waals surface area contributed by atoms with E-state index in [2.05, 4.69) is 234 Å². The number of benzene rings is 10. The monoisotopic (exact) mass is 927 g/mol. The standard InChI is InChI=1S/C63H37N5S2/c1-2-16-38(17-3-1)41-18-4-9-25-50(41)68-52-27-11-5-19-42(52)45-23-14-28-54(60(45)68)67-51-26-10-6-20-43(51)48-36-39(32-34-53(48)67)61-64-62(40-33-35-57-49(37-40)44-21-7-12-29-55(44)69-57)66-63(65-61)47-24-15-31-58-59(47)46-22-8-13-30-56(46)70-58/h1-37H. The maximum atomic E-state index is 5.41. The van der Waals surface area contributed by atoms with Gasteiger partial charge in [0, 0.05) is 84.1 Å². The van der Waals surface area contributed by atoms with E-state index in [0.29, 0.717) is 17.5 Å². The summed E-state index contributed by atoms with van der Waals surface area (Å²) in [6.45, 7) is 0. The first-order chi connectivity index (χ1) is 34.7. The average Bonchev–Trinajstić information content (AvgIpc) is 4.18. The molecule has 0 radical (unpaired) electrons. The summed E-state index contributed by atoms with van der Waals surface area (Å²) in [5.41, 5.74) is 12.0. The second-order valence-corrected chi connectivity index (χ2v) is 20.1. The van der Waals surface area contributed by atoms with Gasteiger partial charge < -0.3 is 9.13 Å². The van der Waals surface area contributed by atoms with Crippen molar-refractivity contribution < 1.29 is 0 Å². The minimum atomic E-state index is 0.630. The molecule has 0 aliphatic rings. The topological polar surface area (TPSA) is 48.5 Å². The fourth-order valence-electron chi connectivity index (χ4n) is 10.9. The van der Waals surface area contributed by atoms with Crippen LogP contribution in [0.3, 0.4) is 0 Å². The van der Waals surface area contributed by atoms with Gasteiger partial charge >= 0.3 is 0 Å². The van der Waals surface area contributed by atoms with E-state index in [4.69, 9.17) is 15.0 Å². The Hall–Kier alpha value is -8.75. The van der Waals surface area contributed by atoms with E-state index in [1.807, 2.05) is 11.3 Å². The Kier molecular flexibility index (Phi) is 8.63. The Morgan fingerprint density at radius 3 is 1.61 bits per heavy atom. The molecule has 0 atom stereocenters. The molecule has 0 aliphatic heterocycles. The van der Waals surface area contributed by atoms with E-state index < -0.39 is 0 Å². The highest BCUT2D eigenvalue weighted by Crippen LogP contribution is 2.44. The molecule has 0 saturated carbocycles. The number of aromatic nitrogens is 5. The smallest absolute Gasteiger partial charge is 0.164 e. The predicted molar refractivity (Wildman–Crippen MR) is 296 cm³/mol. The quantitative estimate of drug-likeness (QED) is 0.167. The molecule has 0 aliphatic carbocycles. The van der Waals surface area contributed by atoms with Crippen molar-refractivity contribution in [2.75, 3.05) is 0 Å². The molecule has 15 rings (SSSR count). The molecule has 5 nitrogen and oxygen atoms in total. The van der Waals surface area contributed by atoms with E-state index in [1.165, 1.54) is 62.2 Å². The second-order valence-electron chi connectivity index (χ2n) is 17.9. The van der Waals surface area contributed by atoms with Crippen molar-refractivity contribution in [1.82, 2.24) is 24.1 Å². The van der Waals surface area contributed by atoms with Crippen LogP contribution in [-0.4, -0.2) is 24.1 Å². The number of para-hydroxylation sites is 4. The van der Waals surface area contributed by atoms with Crippen molar-refractivity contribution in [3.8, 4) is 56.7 Å². The van der Waals surface area contributed by atoms with Gasteiger partial charge in [-0.3, -0.25) is 0 Å². The highest BCUT2D eigenvalue weighted by Gasteiger charge is 2.23. The van der Waals surface area contributed by atoms with Crippen LogP contribution in [0.25, 0.3) is 141 Å². The molecule has 0 saturated heterocycles. The zero-order valence-electron chi connectivity index (χ0n) is 37.4. The van der Waals surface area contributed by atoms with Crippen LogP contribution in [0, 0.1) is 0 Å². The number of hydrogen-bond donors (Lipinski definition) is 0. The predicted octanol–water partition coefficient (Wildman–Crippen LogP) is 17.5. The Bertz CT molecular complexity index is 4610. The SMILES string of the molecule is c1ccc(-c2ccccc2-n2c3ccccc3c3cccc(-n4c5ccccc5c5cc(-c6nc(-c7ccc8sc9ccccc9c8c7)nc(-c7cccc8sc9ccccc9c78)n6)ccc54)c32)cc1. The third-order valence-electron chi connectivity index (χ3n) is 14.0. The molecule has 5 heterocycles. The molecule has 10 aromatic carbocycles. The van der Waals surface area contributed by atoms with Gasteiger partial charge in [-0.25, -0.2) is 15.0 Å². The second kappa shape index (κ2) is 15.4. The van der Waals surface area contributed by atoms with E-state index in [9.17, 15) is 0 Å². The number of nitrogens with zero attached hydrogens (tertiary/aromatic N) is 5. The lowest BCUT2D eigenvalue weighted by Gasteiger charge is -2.17. The molecule has 0 unspecified atom stereocenters. The lowest BCUT2D eigenvalue weighted by Crippen LogP contribution is -2.02. The van der Waals surface area contributed by atoms with Crippen LogP contribution >= 0.6 is 22.7 Å². The number of thiophene rings is 2. The summed E-state index contributed by atoms with van der Waals surface area (Å²) in [5.74, 6) is 1.93. The largest absolute Gasteiger partial charge is 0.307 e. The van der Waals surface area contributed by atoms with Crippen LogP contribution in [0.15, 0.2) is 224 Å². The van der Waals surface area contributed by atoms with Crippen LogP contribution in [0.1, 0.15) is 0 Å². The summed E-state index contributed by atoms with van der Waals surface area (Å²) in [5, 5.41) is 9.52. The first-order valence-corrected chi connectivity index (χ1v) is 25.1. The van der Waals surface area contributed by atoms with Gasteiger partial charge in [-0.2, -0.15) is 0 Å². The van der Waals surface area contributed by atoms with Gasteiger partial charge in [0.25, 0.3) is 0 Å². The van der Waals surface area contributed by atoms with Gasteiger partial charge in [-0.05, 0) is 84.4 Å². The summed E-state index contributed by atoms with van der Waals surface area (Å²) >= 11 is 3.62. The molecule has 0 N–H and O–H groups in total. The van der Waals surface area contributed by atoms with Crippen molar-refractivity contribution in [1.29, 1.82) is 0 Å². The molecular formula is C63H37N5S2. The molecule has 326 valence electrons. The highest BCUT2D eigenvalue weighted by molar-refractivity contribution is 7.26. The summed E-state index contributed by atoms with van der Waals surface area (Å²) in [6, 6.07) is 80.9. The van der Waals surface area contributed by atoms with Crippen molar-refractivity contribution >= 4 is 107 Å². The Morgan fingerprint density at radius 1 is 0.286 bits per heavy atom. The fourth-order valence-corrected chi connectivity index (χ4v) is 13.1. The number of rotatable bonds is 6. The normalized spacial score (nSPS) is 12.0.